The predicted molar refractivity (Wildman–Crippen MR) is 122 cm³/mol. The first-order valence-electron chi connectivity index (χ1n) is 10.9. The highest BCUT2D eigenvalue weighted by Crippen LogP contribution is 2.21. The van der Waals surface area contributed by atoms with Gasteiger partial charge in [-0.05, 0) is 56.0 Å². The molecule has 1 aliphatic heterocycles. The molecule has 0 saturated heterocycles. The first kappa shape index (κ1) is 21.1. The molecule has 0 radical (unpaired) electrons. The molecule has 0 bridgehead atoms. The summed E-state index contributed by atoms with van der Waals surface area (Å²) in [6, 6.07) is 5.52. The smallest absolute Gasteiger partial charge is 0.352 e. The average molecular weight is 449 g/mol. The van der Waals surface area contributed by atoms with Crippen LogP contribution < -0.4 is 5.69 Å². The number of hydrogen-bond acceptors (Lipinski definition) is 6. The molecule has 1 aromatic carbocycles. The molecule has 4 heterocycles. The number of fused-ring (bicyclic) bond motifs is 3. The molecule has 0 aliphatic carbocycles. The third-order valence-electron chi connectivity index (χ3n) is 5.85. The molecule has 33 heavy (non-hydrogen) atoms. The molecule has 0 saturated carbocycles. The van der Waals surface area contributed by atoms with E-state index in [-0.39, 0.29) is 24.2 Å². The SMILES string of the molecule is CC1=CN(Cc2cnc3c(c2)c2ncnn2c(=O)n3Cc2cc(C)c(F)c(C)c2)C[C@@H](C)O1. The van der Waals surface area contributed by atoms with Crippen molar-refractivity contribution >= 4 is 16.7 Å². The van der Waals surface area contributed by atoms with E-state index in [1.807, 2.05) is 26.1 Å². The number of aromatic nitrogens is 5. The summed E-state index contributed by atoms with van der Waals surface area (Å²) in [6.07, 6.45) is 5.27. The van der Waals surface area contributed by atoms with Gasteiger partial charge in [-0.3, -0.25) is 4.57 Å². The summed E-state index contributed by atoms with van der Waals surface area (Å²) in [5.74, 6) is 0.647. The molecule has 0 unspecified atom stereocenters. The van der Waals surface area contributed by atoms with Gasteiger partial charge >= 0.3 is 5.69 Å². The lowest BCUT2D eigenvalue weighted by Gasteiger charge is -2.30. The van der Waals surface area contributed by atoms with Crippen LogP contribution in [0.1, 0.15) is 36.1 Å². The molecular weight excluding hydrogens is 423 g/mol. The maximum atomic E-state index is 14.1. The van der Waals surface area contributed by atoms with Gasteiger partial charge < -0.3 is 9.64 Å². The van der Waals surface area contributed by atoms with Gasteiger partial charge in [0.05, 0.1) is 18.5 Å². The third-order valence-corrected chi connectivity index (χ3v) is 5.85. The van der Waals surface area contributed by atoms with E-state index in [9.17, 15) is 9.18 Å². The minimum absolute atomic E-state index is 0.111. The van der Waals surface area contributed by atoms with Gasteiger partial charge in [0.25, 0.3) is 0 Å². The molecule has 0 amide bonds. The van der Waals surface area contributed by atoms with Gasteiger partial charge in [-0.25, -0.2) is 19.2 Å². The van der Waals surface area contributed by atoms with Crippen LogP contribution in [0, 0.1) is 19.7 Å². The molecule has 1 aliphatic rings. The lowest BCUT2D eigenvalue weighted by molar-refractivity contribution is 0.0714. The van der Waals surface area contributed by atoms with E-state index in [2.05, 4.69) is 20.0 Å². The van der Waals surface area contributed by atoms with Gasteiger partial charge in [0.15, 0.2) is 5.65 Å². The van der Waals surface area contributed by atoms with Crippen LogP contribution in [0.25, 0.3) is 16.7 Å². The van der Waals surface area contributed by atoms with Crippen LogP contribution in [0.15, 0.2) is 47.5 Å². The molecule has 5 rings (SSSR count). The Labute approximate surface area is 189 Å². The average Bonchev–Trinajstić information content (AvgIpc) is 3.25. The second-order valence-electron chi connectivity index (χ2n) is 8.72. The van der Waals surface area contributed by atoms with Crippen LogP contribution in [0.3, 0.4) is 0 Å². The zero-order chi connectivity index (χ0) is 23.3. The van der Waals surface area contributed by atoms with E-state index in [4.69, 9.17) is 4.74 Å². The maximum Gasteiger partial charge on any atom is 0.352 e. The van der Waals surface area contributed by atoms with Gasteiger partial charge in [-0.2, -0.15) is 9.61 Å². The van der Waals surface area contributed by atoms with Crippen LogP contribution in [-0.2, 0) is 17.8 Å². The van der Waals surface area contributed by atoms with Crippen molar-refractivity contribution in [3.05, 3.63) is 81.2 Å². The lowest BCUT2D eigenvalue weighted by Crippen LogP contribution is -2.32. The largest absolute Gasteiger partial charge is 0.492 e. The van der Waals surface area contributed by atoms with Crippen molar-refractivity contribution in [3.63, 3.8) is 0 Å². The van der Waals surface area contributed by atoms with Crippen LogP contribution in [-0.4, -0.2) is 41.7 Å². The molecule has 0 N–H and O–H groups in total. The summed E-state index contributed by atoms with van der Waals surface area (Å²) >= 11 is 0. The Morgan fingerprint density at radius 3 is 2.55 bits per heavy atom. The number of allylic oxidation sites excluding steroid dienone is 1. The first-order chi connectivity index (χ1) is 15.8. The Morgan fingerprint density at radius 2 is 1.82 bits per heavy atom. The van der Waals surface area contributed by atoms with Crippen LogP contribution in [0.5, 0.6) is 0 Å². The fourth-order valence-corrected chi connectivity index (χ4v) is 4.56. The molecule has 170 valence electrons. The molecule has 4 aromatic rings. The Kier molecular flexibility index (Phi) is 5.11. The van der Waals surface area contributed by atoms with E-state index >= 15 is 0 Å². The molecule has 3 aromatic heterocycles. The second kappa shape index (κ2) is 7.99. The number of benzene rings is 1. The summed E-state index contributed by atoms with van der Waals surface area (Å²) in [7, 11) is 0. The summed E-state index contributed by atoms with van der Waals surface area (Å²) in [6.45, 7) is 9.11. The van der Waals surface area contributed by atoms with Gasteiger partial charge in [0, 0.05) is 18.9 Å². The van der Waals surface area contributed by atoms with Crippen molar-refractivity contribution in [2.24, 2.45) is 0 Å². The zero-order valence-corrected chi connectivity index (χ0v) is 19.0. The summed E-state index contributed by atoms with van der Waals surface area (Å²) in [5.41, 5.74) is 3.55. The highest BCUT2D eigenvalue weighted by molar-refractivity contribution is 5.89. The molecular formula is C24H25FN6O2. The number of ether oxygens (including phenoxy) is 1. The number of nitrogens with zero attached hydrogens (tertiary/aromatic N) is 6. The molecule has 0 spiro atoms. The van der Waals surface area contributed by atoms with Gasteiger partial charge in [0.2, 0.25) is 0 Å². The normalized spacial score (nSPS) is 16.3. The summed E-state index contributed by atoms with van der Waals surface area (Å²) in [4.78, 5) is 24.4. The fraction of sp³-hybridized carbons (Fsp3) is 0.333. The zero-order valence-electron chi connectivity index (χ0n) is 19.0. The van der Waals surface area contributed by atoms with E-state index in [1.54, 1.807) is 36.7 Å². The van der Waals surface area contributed by atoms with Crippen molar-refractivity contribution in [1.29, 1.82) is 0 Å². The lowest BCUT2D eigenvalue weighted by atomic mass is 10.1. The number of halogens is 1. The van der Waals surface area contributed by atoms with Crippen molar-refractivity contribution in [3.8, 4) is 0 Å². The summed E-state index contributed by atoms with van der Waals surface area (Å²) in [5, 5.41) is 4.87. The quantitative estimate of drug-likeness (QED) is 0.477. The Bertz CT molecular complexity index is 1450. The minimum atomic E-state index is -0.338. The summed E-state index contributed by atoms with van der Waals surface area (Å²) < 4.78 is 22.7. The molecule has 0 fully saturated rings. The van der Waals surface area contributed by atoms with Gasteiger partial charge in [-0.15, -0.1) is 0 Å². The van der Waals surface area contributed by atoms with Crippen LogP contribution >= 0.6 is 0 Å². The molecule has 9 heteroatoms. The molecule has 1 atom stereocenters. The molecule has 8 nitrogen and oxygen atoms in total. The highest BCUT2D eigenvalue weighted by Gasteiger charge is 2.18. The Balaban J connectivity index is 1.60. The van der Waals surface area contributed by atoms with Gasteiger partial charge in [0.1, 0.15) is 29.7 Å². The minimum Gasteiger partial charge on any atom is -0.492 e. The second-order valence-corrected chi connectivity index (χ2v) is 8.72. The van der Waals surface area contributed by atoms with E-state index < -0.39 is 0 Å². The highest BCUT2D eigenvalue weighted by atomic mass is 19.1. The van der Waals surface area contributed by atoms with Crippen molar-refractivity contribution in [2.75, 3.05) is 6.54 Å². The van der Waals surface area contributed by atoms with E-state index in [1.165, 1.54) is 10.8 Å². The van der Waals surface area contributed by atoms with Crippen LogP contribution in [0.4, 0.5) is 4.39 Å². The maximum absolute atomic E-state index is 14.1. The fourth-order valence-electron chi connectivity index (χ4n) is 4.56. The van der Waals surface area contributed by atoms with E-state index in [0.29, 0.717) is 29.0 Å². The number of pyridine rings is 1. The number of hydrogen-bond donors (Lipinski definition) is 0. The Hall–Kier alpha value is -3.75. The number of aryl methyl sites for hydroxylation is 2. The van der Waals surface area contributed by atoms with Crippen molar-refractivity contribution < 1.29 is 9.13 Å². The number of rotatable bonds is 4. The van der Waals surface area contributed by atoms with Gasteiger partial charge in [-0.1, -0.05) is 12.1 Å². The standard InChI is InChI=1S/C24H25FN6O2/c1-14-5-18(6-15(2)21(14)25)12-30-22-20(23-27-13-28-31(23)24(30)32)7-19(8-26-22)11-29-9-16(3)33-17(4)10-29/h5-9,13,17H,10-12H2,1-4H3/t17-/m1/s1. The van der Waals surface area contributed by atoms with Crippen LogP contribution in [0.2, 0.25) is 0 Å². The Morgan fingerprint density at radius 1 is 1.06 bits per heavy atom. The topological polar surface area (TPSA) is 77.6 Å². The first-order valence-corrected chi connectivity index (χ1v) is 10.9. The third kappa shape index (κ3) is 3.83. The van der Waals surface area contributed by atoms with E-state index in [0.717, 1.165) is 28.8 Å². The monoisotopic (exact) mass is 448 g/mol. The predicted octanol–water partition coefficient (Wildman–Crippen LogP) is 3.33. The van der Waals surface area contributed by atoms with Crippen molar-refractivity contribution in [1.82, 2.24) is 29.0 Å². The van der Waals surface area contributed by atoms with Crippen molar-refractivity contribution in [2.45, 2.75) is 46.9 Å².